The van der Waals surface area contributed by atoms with Gasteiger partial charge in [-0.1, -0.05) is 0 Å². The molecule has 2 unspecified atom stereocenters. The number of piperidine rings is 1. The maximum Gasteiger partial charge on any atom is 0.407 e. The Balaban J connectivity index is 2.58. The van der Waals surface area contributed by atoms with E-state index in [0.29, 0.717) is 13.1 Å². The van der Waals surface area contributed by atoms with Crippen LogP contribution in [0.2, 0.25) is 0 Å². The van der Waals surface area contributed by atoms with Gasteiger partial charge in [0.25, 0.3) is 0 Å². The zero-order valence-corrected chi connectivity index (χ0v) is 8.10. The number of carboxylic acid groups (broad SMARTS) is 1. The van der Waals surface area contributed by atoms with Crippen molar-refractivity contribution in [3.8, 4) is 0 Å². The Hall–Kier alpha value is -0.810. The lowest BCUT2D eigenvalue weighted by Crippen LogP contribution is -2.57. The second-order valence-corrected chi connectivity index (χ2v) is 3.71. The molecule has 0 radical (unpaired) electrons. The molecule has 1 amide bonds. The maximum atomic E-state index is 10.7. The van der Waals surface area contributed by atoms with Gasteiger partial charge < -0.3 is 20.6 Å². The molecule has 5 heteroatoms. The van der Waals surface area contributed by atoms with Gasteiger partial charge in [0, 0.05) is 25.2 Å². The number of amides is 1. The normalized spacial score (nSPS) is 29.4. The van der Waals surface area contributed by atoms with Crippen LogP contribution in [0.3, 0.4) is 0 Å². The lowest BCUT2D eigenvalue weighted by Gasteiger charge is -2.38. The highest BCUT2D eigenvalue weighted by atomic mass is 16.4. The molecule has 1 rings (SSSR count). The second kappa shape index (κ2) is 3.93. The average Bonchev–Trinajstić information content (AvgIpc) is 2.04. The average molecular weight is 187 g/mol. The Labute approximate surface area is 78.1 Å². The van der Waals surface area contributed by atoms with Crippen molar-refractivity contribution in [2.24, 2.45) is 5.73 Å². The van der Waals surface area contributed by atoms with Gasteiger partial charge in [0.2, 0.25) is 0 Å². The van der Waals surface area contributed by atoms with E-state index < -0.39 is 6.09 Å². The molecular formula is C8H17N3O2. The van der Waals surface area contributed by atoms with Crippen LogP contribution in [0.15, 0.2) is 0 Å². The molecule has 2 atom stereocenters. The summed E-state index contributed by atoms with van der Waals surface area (Å²) >= 11 is 0. The summed E-state index contributed by atoms with van der Waals surface area (Å²) in [4.78, 5) is 14.1. The van der Waals surface area contributed by atoms with Gasteiger partial charge in [-0.15, -0.1) is 0 Å². The summed E-state index contributed by atoms with van der Waals surface area (Å²) in [6.45, 7) is 1.07. The first-order chi connectivity index (χ1) is 6.02. The maximum absolute atomic E-state index is 10.7. The third-order valence-electron chi connectivity index (χ3n) is 2.57. The first kappa shape index (κ1) is 10.3. The van der Waals surface area contributed by atoms with Crippen molar-refractivity contribution < 1.29 is 9.90 Å². The molecule has 1 saturated heterocycles. The second-order valence-electron chi connectivity index (χ2n) is 3.71. The first-order valence-corrected chi connectivity index (χ1v) is 4.42. The number of likely N-dealkylation sites (tertiary alicyclic amines) is 1. The Morgan fingerprint density at radius 1 is 1.62 bits per heavy atom. The van der Waals surface area contributed by atoms with E-state index in [4.69, 9.17) is 10.8 Å². The fraction of sp³-hybridized carbons (Fsp3) is 0.875. The van der Waals surface area contributed by atoms with Crippen molar-refractivity contribution in [3.05, 3.63) is 0 Å². The van der Waals surface area contributed by atoms with Gasteiger partial charge in [-0.05, 0) is 20.5 Å². The number of hydrogen-bond donors (Lipinski definition) is 2. The van der Waals surface area contributed by atoms with E-state index in [1.807, 2.05) is 19.0 Å². The van der Waals surface area contributed by atoms with Gasteiger partial charge in [-0.2, -0.15) is 0 Å². The predicted octanol–water partition coefficient (Wildman–Crippen LogP) is -0.372. The van der Waals surface area contributed by atoms with Crippen molar-refractivity contribution >= 4 is 6.09 Å². The van der Waals surface area contributed by atoms with E-state index >= 15 is 0 Å². The summed E-state index contributed by atoms with van der Waals surface area (Å²) in [5, 5.41) is 8.79. The number of hydrogen-bond acceptors (Lipinski definition) is 3. The number of likely N-dealkylation sites (N-methyl/N-ethyl adjacent to an activating group) is 1. The van der Waals surface area contributed by atoms with Crippen LogP contribution >= 0.6 is 0 Å². The van der Waals surface area contributed by atoms with Gasteiger partial charge in [0.05, 0.1) is 0 Å². The fourth-order valence-corrected chi connectivity index (χ4v) is 1.67. The molecule has 0 bridgehead atoms. The van der Waals surface area contributed by atoms with Crippen LogP contribution in [0.25, 0.3) is 0 Å². The van der Waals surface area contributed by atoms with Crippen LogP contribution in [0, 0.1) is 0 Å². The zero-order valence-electron chi connectivity index (χ0n) is 8.10. The van der Waals surface area contributed by atoms with E-state index in [1.165, 1.54) is 4.90 Å². The molecular weight excluding hydrogens is 170 g/mol. The third-order valence-corrected chi connectivity index (χ3v) is 2.57. The van der Waals surface area contributed by atoms with Crippen molar-refractivity contribution in [2.45, 2.75) is 18.5 Å². The Morgan fingerprint density at radius 3 is 2.69 bits per heavy atom. The van der Waals surface area contributed by atoms with Gasteiger partial charge in [-0.25, -0.2) is 4.79 Å². The van der Waals surface area contributed by atoms with Crippen molar-refractivity contribution in [2.75, 3.05) is 27.2 Å². The van der Waals surface area contributed by atoms with Crippen LogP contribution in [-0.4, -0.2) is 60.3 Å². The van der Waals surface area contributed by atoms with Crippen LogP contribution < -0.4 is 5.73 Å². The highest BCUT2D eigenvalue weighted by molar-refractivity contribution is 5.65. The summed E-state index contributed by atoms with van der Waals surface area (Å²) in [5.74, 6) is 0. The van der Waals surface area contributed by atoms with E-state index in [2.05, 4.69) is 0 Å². The lowest BCUT2D eigenvalue weighted by molar-refractivity contribution is 0.0961. The topological polar surface area (TPSA) is 69.8 Å². The minimum absolute atomic E-state index is 0.0885. The molecule has 3 N–H and O–H groups in total. The number of carbonyl (C=O) groups is 1. The van der Waals surface area contributed by atoms with Gasteiger partial charge in [0.1, 0.15) is 0 Å². The molecule has 1 aliphatic rings. The Morgan fingerprint density at radius 2 is 2.23 bits per heavy atom. The molecule has 0 saturated carbocycles. The van der Waals surface area contributed by atoms with Crippen LogP contribution in [0.5, 0.6) is 0 Å². The predicted molar refractivity (Wildman–Crippen MR) is 49.7 cm³/mol. The van der Waals surface area contributed by atoms with Crippen LogP contribution in [-0.2, 0) is 0 Å². The smallest absolute Gasteiger partial charge is 0.407 e. The molecule has 5 nitrogen and oxygen atoms in total. The number of rotatable bonds is 1. The van der Waals surface area contributed by atoms with E-state index in [-0.39, 0.29) is 12.1 Å². The molecule has 0 aromatic carbocycles. The highest BCUT2D eigenvalue weighted by Gasteiger charge is 2.30. The minimum atomic E-state index is -0.848. The Bertz CT molecular complexity index is 196. The quantitative estimate of drug-likeness (QED) is 0.587. The molecule has 76 valence electrons. The van der Waals surface area contributed by atoms with E-state index in [9.17, 15) is 4.79 Å². The van der Waals surface area contributed by atoms with Crippen molar-refractivity contribution in [1.82, 2.24) is 9.80 Å². The molecule has 0 aromatic heterocycles. The third kappa shape index (κ3) is 2.32. The van der Waals surface area contributed by atoms with Gasteiger partial charge in [0.15, 0.2) is 0 Å². The molecule has 13 heavy (non-hydrogen) atoms. The molecule has 1 aliphatic heterocycles. The summed E-state index contributed by atoms with van der Waals surface area (Å²) in [7, 11) is 3.85. The lowest BCUT2D eigenvalue weighted by atomic mass is 10.00. The van der Waals surface area contributed by atoms with Gasteiger partial charge in [-0.3, -0.25) is 0 Å². The van der Waals surface area contributed by atoms with Crippen molar-refractivity contribution in [3.63, 3.8) is 0 Å². The summed E-state index contributed by atoms with van der Waals surface area (Å²) in [6, 6.07) is 0.232. The molecule has 0 aromatic rings. The first-order valence-electron chi connectivity index (χ1n) is 4.42. The number of nitrogens with zero attached hydrogens (tertiary/aromatic N) is 2. The molecule has 0 aliphatic carbocycles. The largest absolute Gasteiger partial charge is 0.465 e. The monoisotopic (exact) mass is 187 g/mol. The number of nitrogens with two attached hydrogens (primary N) is 1. The summed E-state index contributed by atoms with van der Waals surface area (Å²) in [5.41, 5.74) is 5.88. The summed E-state index contributed by atoms with van der Waals surface area (Å²) < 4.78 is 0. The van der Waals surface area contributed by atoms with Gasteiger partial charge >= 0.3 is 6.09 Å². The highest BCUT2D eigenvalue weighted by Crippen LogP contribution is 2.12. The fourth-order valence-electron chi connectivity index (χ4n) is 1.67. The minimum Gasteiger partial charge on any atom is -0.465 e. The Kier molecular flexibility index (Phi) is 3.11. The molecule has 1 heterocycles. The van der Waals surface area contributed by atoms with E-state index in [1.54, 1.807) is 0 Å². The van der Waals surface area contributed by atoms with Crippen molar-refractivity contribution in [1.29, 1.82) is 0 Å². The van der Waals surface area contributed by atoms with Crippen LogP contribution in [0.1, 0.15) is 6.42 Å². The standard InChI is InChI=1S/C8H17N3O2/c1-10(2)7-5-11(8(12)13)4-3-6(7)9/h6-7H,3-5,9H2,1-2H3,(H,12,13). The van der Waals surface area contributed by atoms with Crippen LogP contribution in [0.4, 0.5) is 4.79 Å². The SMILES string of the molecule is CN(C)C1CN(C(=O)O)CCC1N. The zero-order chi connectivity index (χ0) is 10.0. The molecule has 1 fully saturated rings. The summed E-state index contributed by atoms with van der Waals surface area (Å²) in [6.07, 6.45) is -0.103. The van der Waals surface area contributed by atoms with E-state index in [0.717, 1.165) is 6.42 Å². The molecule has 0 spiro atoms.